The summed E-state index contributed by atoms with van der Waals surface area (Å²) in [5.74, 6) is 0.0740. The highest BCUT2D eigenvalue weighted by molar-refractivity contribution is 5.01. The van der Waals surface area contributed by atoms with E-state index in [9.17, 15) is 5.11 Å². The molecule has 1 aromatic rings. The lowest BCUT2D eigenvalue weighted by atomic mass is 9.96. The van der Waals surface area contributed by atoms with Gasteiger partial charge in [0, 0.05) is 5.92 Å². The second kappa shape index (κ2) is 7.39. The van der Waals surface area contributed by atoms with Gasteiger partial charge in [0.2, 0.25) is 0 Å². The predicted octanol–water partition coefficient (Wildman–Crippen LogP) is 2.63. The molecule has 4 heteroatoms. The molecular formula is C12H23N3O. The van der Waals surface area contributed by atoms with Crippen LogP contribution >= 0.6 is 0 Å². The van der Waals surface area contributed by atoms with E-state index in [1.54, 1.807) is 6.20 Å². The molecule has 0 radical (unpaired) electrons. The number of aliphatic hydroxyl groups excluding tert-OH is 1. The van der Waals surface area contributed by atoms with Gasteiger partial charge in [0.1, 0.15) is 0 Å². The predicted molar refractivity (Wildman–Crippen MR) is 64.2 cm³/mol. The van der Waals surface area contributed by atoms with Crippen molar-refractivity contribution in [2.45, 2.75) is 64.4 Å². The smallest absolute Gasteiger partial charge is 0.0878 e. The van der Waals surface area contributed by atoms with Gasteiger partial charge in [-0.05, 0) is 6.42 Å². The Hall–Kier alpha value is -0.900. The maximum atomic E-state index is 9.96. The van der Waals surface area contributed by atoms with E-state index in [2.05, 4.69) is 22.3 Å². The van der Waals surface area contributed by atoms with Crippen LogP contribution in [0.2, 0.25) is 0 Å². The lowest BCUT2D eigenvalue weighted by molar-refractivity contribution is 0.134. The Bertz CT molecular complexity index is 261. The summed E-state index contributed by atoms with van der Waals surface area (Å²) < 4.78 is 0. The lowest BCUT2D eigenvalue weighted by Crippen LogP contribution is -2.16. The Kier molecular flexibility index (Phi) is 6.08. The number of unbranched alkanes of at least 4 members (excludes halogenated alkanes) is 4. The second-order valence-electron chi connectivity index (χ2n) is 4.45. The molecule has 0 saturated heterocycles. The van der Waals surface area contributed by atoms with E-state index in [0.29, 0.717) is 0 Å². The molecule has 2 N–H and O–H groups in total. The van der Waals surface area contributed by atoms with Gasteiger partial charge in [-0.1, -0.05) is 46.0 Å². The van der Waals surface area contributed by atoms with Crippen molar-refractivity contribution in [1.29, 1.82) is 0 Å². The normalized spacial score (nSPS) is 14.9. The van der Waals surface area contributed by atoms with Crippen LogP contribution in [0.15, 0.2) is 6.20 Å². The van der Waals surface area contributed by atoms with Gasteiger partial charge >= 0.3 is 0 Å². The number of H-pyrrole nitrogens is 1. The van der Waals surface area contributed by atoms with E-state index < -0.39 is 0 Å². The van der Waals surface area contributed by atoms with Crippen LogP contribution in [0.3, 0.4) is 0 Å². The first-order valence-electron chi connectivity index (χ1n) is 6.29. The number of aromatic nitrogens is 3. The molecular weight excluding hydrogens is 202 g/mol. The molecule has 4 nitrogen and oxygen atoms in total. The van der Waals surface area contributed by atoms with Crippen LogP contribution in [0.4, 0.5) is 0 Å². The number of hydrogen-bond donors (Lipinski definition) is 2. The van der Waals surface area contributed by atoms with Gasteiger partial charge in [0.25, 0.3) is 0 Å². The number of aliphatic hydroxyl groups is 1. The summed E-state index contributed by atoms with van der Waals surface area (Å²) in [5.41, 5.74) is 0.848. The molecule has 0 aromatic carbocycles. The minimum absolute atomic E-state index is 0.0740. The largest absolute Gasteiger partial charge is 0.392 e. The van der Waals surface area contributed by atoms with Gasteiger partial charge in [-0.3, -0.25) is 0 Å². The lowest BCUT2D eigenvalue weighted by Gasteiger charge is -2.16. The van der Waals surface area contributed by atoms with E-state index in [-0.39, 0.29) is 12.0 Å². The van der Waals surface area contributed by atoms with E-state index in [1.807, 2.05) is 6.92 Å². The Balaban J connectivity index is 2.17. The van der Waals surface area contributed by atoms with E-state index in [0.717, 1.165) is 18.5 Å². The molecule has 2 unspecified atom stereocenters. The van der Waals surface area contributed by atoms with Gasteiger partial charge in [-0.2, -0.15) is 15.4 Å². The zero-order chi connectivity index (χ0) is 11.8. The summed E-state index contributed by atoms with van der Waals surface area (Å²) in [6.45, 7) is 4.20. The monoisotopic (exact) mass is 225 g/mol. The molecule has 0 amide bonds. The maximum absolute atomic E-state index is 9.96. The van der Waals surface area contributed by atoms with Crippen molar-refractivity contribution < 1.29 is 5.11 Å². The molecule has 0 aliphatic carbocycles. The van der Waals surface area contributed by atoms with Crippen molar-refractivity contribution in [1.82, 2.24) is 15.4 Å². The van der Waals surface area contributed by atoms with Gasteiger partial charge < -0.3 is 5.11 Å². The molecule has 0 spiro atoms. The number of rotatable bonds is 8. The van der Waals surface area contributed by atoms with Crippen molar-refractivity contribution in [3.63, 3.8) is 0 Å². The van der Waals surface area contributed by atoms with Crippen molar-refractivity contribution in [2.75, 3.05) is 0 Å². The molecule has 1 aromatic heterocycles. The Labute approximate surface area is 97.5 Å². The Morgan fingerprint density at radius 1 is 1.31 bits per heavy atom. The van der Waals surface area contributed by atoms with Gasteiger partial charge in [-0.15, -0.1) is 0 Å². The first-order valence-corrected chi connectivity index (χ1v) is 6.29. The summed E-state index contributed by atoms with van der Waals surface area (Å²) in [7, 11) is 0. The number of nitrogens with zero attached hydrogens (tertiary/aromatic N) is 2. The van der Waals surface area contributed by atoms with E-state index in [4.69, 9.17) is 0 Å². The molecule has 2 atom stereocenters. The summed E-state index contributed by atoms with van der Waals surface area (Å²) in [5, 5.41) is 20.3. The van der Waals surface area contributed by atoms with Crippen LogP contribution in [0.1, 0.15) is 64.0 Å². The highest BCUT2D eigenvalue weighted by Gasteiger charge is 2.17. The maximum Gasteiger partial charge on any atom is 0.0878 e. The van der Waals surface area contributed by atoms with Crippen molar-refractivity contribution in [2.24, 2.45) is 0 Å². The average Bonchev–Trinajstić information content (AvgIpc) is 2.81. The van der Waals surface area contributed by atoms with Crippen LogP contribution in [-0.4, -0.2) is 26.6 Å². The van der Waals surface area contributed by atoms with Crippen molar-refractivity contribution >= 4 is 0 Å². The molecule has 1 rings (SSSR count). The van der Waals surface area contributed by atoms with Crippen molar-refractivity contribution in [3.8, 4) is 0 Å². The zero-order valence-electron chi connectivity index (χ0n) is 10.3. The second-order valence-corrected chi connectivity index (χ2v) is 4.45. The summed E-state index contributed by atoms with van der Waals surface area (Å²) in [4.78, 5) is 0. The Morgan fingerprint density at radius 3 is 2.69 bits per heavy atom. The van der Waals surface area contributed by atoms with Crippen LogP contribution in [0.5, 0.6) is 0 Å². The minimum Gasteiger partial charge on any atom is -0.392 e. The fraction of sp³-hybridized carbons (Fsp3) is 0.833. The van der Waals surface area contributed by atoms with Gasteiger partial charge in [0.15, 0.2) is 0 Å². The minimum atomic E-state index is -0.299. The molecule has 0 aliphatic heterocycles. The summed E-state index contributed by atoms with van der Waals surface area (Å²) in [6, 6.07) is 0. The molecule has 0 fully saturated rings. The number of aromatic amines is 1. The van der Waals surface area contributed by atoms with Crippen LogP contribution < -0.4 is 0 Å². The Morgan fingerprint density at radius 2 is 2.06 bits per heavy atom. The average molecular weight is 225 g/mol. The summed E-state index contributed by atoms with van der Waals surface area (Å²) in [6.07, 6.45) is 8.41. The molecule has 1 heterocycles. The first kappa shape index (κ1) is 13.2. The van der Waals surface area contributed by atoms with Crippen LogP contribution in [0.25, 0.3) is 0 Å². The van der Waals surface area contributed by atoms with Crippen molar-refractivity contribution in [3.05, 3.63) is 11.9 Å². The molecule has 0 bridgehead atoms. The third-order valence-electron chi connectivity index (χ3n) is 3.08. The SMILES string of the molecule is CCCCCCCC(O)C(C)c1cn[nH]n1. The van der Waals surface area contributed by atoms with Crippen LogP contribution in [0, 0.1) is 0 Å². The molecule has 0 aliphatic rings. The number of nitrogens with one attached hydrogen (secondary N) is 1. The summed E-state index contributed by atoms with van der Waals surface area (Å²) >= 11 is 0. The highest BCUT2D eigenvalue weighted by atomic mass is 16.3. The fourth-order valence-corrected chi connectivity index (χ4v) is 1.83. The van der Waals surface area contributed by atoms with Crippen LogP contribution in [-0.2, 0) is 0 Å². The highest BCUT2D eigenvalue weighted by Crippen LogP contribution is 2.20. The quantitative estimate of drug-likeness (QED) is 0.668. The van der Waals surface area contributed by atoms with E-state index >= 15 is 0 Å². The zero-order valence-corrected chi connectivity index (χ0v) is 10.3. The molecule has 16 heavy (non-hydrogen) atoms. The first-order chi connectivity index (χ1) is 7.75. The number of hydrogen-bond acceptors (Lipinski definition) is 3. The van der Waals surface area contributed by atoms with E-state index in [1.165, 1.54) is 25.7 Å². The molecule has 0 saturated carbocycles. The third kappa shape index (κ3) is 4.31. The standard InChI is InChI=1S/C12H23N3O/c1-3-4-5-6-7-8-12(16)10(2)11-9-13-15-14-11/h9-10,12,16H,3-8H2,1-2H3,(H,13,14,15). The fourth-order valence-electron chi connectivity index (χ4n) is 1.83. The molecule has 92 valence electrons. The van der Waals surface area contributed by atoms with Gasteiger partial charge in [0.05, 0.1) is 18.0 Å². The topological polar surface area (TPSA) is 61.8 Å². The third-order valence-corrected chi connectivity index (χ3v) is 3.08. The van der Waals surface area contributed by atoms with Gasteiger partial charge in [-0.25, -0.2) is 0 Å².